The molecule has 0 heterocycles. The maximum Gasteiger partial charge on any atom is 0.326 e. The molecule has 0 fully saturated rings. The third kappa shape index (κ3) is 9.05. The zero-order valence-electron chi connectivity index (χ0n) is 19.6. The topological polar surface area (TPSA) is 151 Å². The molecule has 33 heavy (non-hydrogen) atoms. The molecule has 0 saturated heterocycles. The number of rotatable bonds is 13. The molecule has 0 bridgehead atoms. The minimum absolute atomic E-state index is 0.00726. The summed E-state index contributed by atoms with van der Waals surface area (Å²) in [7, 11) is 0. The summed E-state index contributed by atoms with van der Waals surface area (Å²) in [6.45, 7) is 7.02. The van der Waals surface area contributed by atoms with E-state index in [0.29, 0.717) is 12.8 Å². The Morgan fingerprint density at radius 3 is 2.00 bits per heavy atom. The van der Waals surface area contributed by atoms with Crippen LogP contribution in [-0.2, 0) is 25.6 Å². The molecule has 1 rings (SSSR count). The van der Waals surface area contributed by atoms with E-state index >= 15 is 0 Å². The zero-order valence-corrected chi connectivity index (χ0v) is 20.5. The van der Waals surface area contributed by atoms with Gasteiger partial charge in [-0.15, -0.1) is 0 Å². The number of carboxylic acids is 1. The first-order valence-corrected chi connectivity index (χ1v) is 11.7. The van der Waals surface area contributed by atoms with Crippen molar-refractivity contribution in [3.63, 3.8) is 0 Å². The van der Waals surface area contributed by atoms with Crippen LogP contribution in [0.2, 0.25) is 0 Å². The highest BCUT2D eigenvalue weighted by atomic mass is 32.1. The number of carbonyl (C=O) groups excluding carboxylic acids is 3. The van der Waals surface area contributed by atoms with Gasteiger partial charge in [0.25, 0.3) is 0 Å². The molecule has 0 radical (unpaired) electrons. The van der Waals surface area contributed by atoms with Crippen LogP contribution in [0.5, 0.6) is 0 Å². The monoisotopic (exact) mass is 480 g/mol. The highest BCUT2D eigenvalue weighted by Crippen LogP contribution is 2.10. The van der Waals surface area contributed by atoms with Crippen LogP contribution in [0.4, 0.5) is 0 Å². The SMILES string of the molecule is CCC(C)C(NC(=O)C(NC(=O)C(CS)NC(=O)C(N)Cc1ccccc1)C(C)C)C(=O)O. The van der Waals surface area contributed by atoms with Gasteiger partial charge in [-0.2, -0.15) is 12.6 Å². The van der Waals surface area contributed by atoms with Crippen LogP contribution in [0.3, 0.4) is 0 Å². The molecule has 0 aliphatic heterocycles. The Kier molecular flexibility index (Phi) is 11.9. The Bertz CT molecular complexity index is 805. The van der Waals surface area contributed by atoms with Crippen LogP contribution in [-0.4, -0.2) is 58.7 Å². The first-order chi connectivity index (χ1) is 15.5. The number of benzene rings is 1. The summed E-state index contributed by atoms with van der Waals surface area (Å²) in [6, 6.07) is 5.32. The molecule has 0 spiro atoms. The van der Waals surface area contributed by atoms with E-state index in [2.05, 4.69) is 28.6 Å². The van der Waals surface area contributed by atoms with Crippen molar-refractivity contribution in [3.8, 4) is 0 Å². The van der Waals surface area contributed by atoms with Crippen LogP contribution in [0.15, 0.2) is 30.3 Å². The van der Waals surface area contributed by atoms with Gasteiger partial charge in [0.05, 0.1) is 6.04 Å². The van der Waals surface area contributed by atoms with E-state index in [9.17, 15) is 24.3 Å². The second-order valence-electron chi connectivity index (χ2n) is 8.48. The van der Waals surface area contributed by atoms with Gasteiger partial charge in [0, 0.05) is 5.75 Å². The zero-order chi connectivity index (χ0) is 25.1. The highest BCUT2D eigenvalue weighted by molar-refractivity contribution is 7.80. The number of hydrogen-bond donors (Lipinski definition) is 6. The summed E-state index contributed by atoms with van der Waals surface area (Å²) >= 11 is 4.15. The van der Waals surface area contributed by atoms with E-state index in [1.54, 1.807) is 20.8 Å². The van der Waals surface area contributed by atoms with Crippen molar-refractivity contribution < 1.29 is 24.3 Å². The smallest absolute Gasteiger partial charge is 0.326 e. The molecule has 184 valence electrons. The maximum atomic E-state index is 12.8. The number of amides is 3. The number of nitrogens with two attached hydrogens (primary N) is 1. The van der Waals surface area contributed by atoms with Gasteiger partial charge in [0.15, 0.2) is 0 Å². The van der Waals surface area contributed by atoms with E-state index in [1.165, 1.54) is 0 Å². The average Bonchev–Trinajstić information content (AvgIpc) is 2.78. The van der Waals surface area contributed by atoms with Crippen molar-refractivity contribution in [2.45, 2.75) is 64.7 Å². The van der Waals surface area contributed by atoms with E-state index in [1.807, 2.05) is 37.3 Å². The highest BCUT2D eigenvalue weighted by Gasteiger charge is 2.33. The van der Waals surface area contributed by atoms with Crippen molar-refractivity contribution in [2.24, 2.45) is 17.6 Å². The summed E-state index contributed by atoms with van der Waals surface area (Å²) < 4.78 is 0. The molecule has 0 aliphatic rings. The van der Waals surface area contributed by atoms with Gasteiger partial charge in [-0.3, -0.25) is 14.4 Å². The molecule has 0 aliphatic carbocycles. The first-order valence-electron chi connectivity index (χ1n) is 11.1. The predicted octanol–water partition coefficient (Wildman–Crippen LogP) is 0.727. The van der Waals surface area contributed by atoms with Crippen LogP contribution >= 0.6 is 12.6 Å². The Morgan fingerprint density at radius 2 is 1.52 bits per heavy atom. The van der Waals surface area contributed by atoms with Gasteiger partial charge in [0.1, 0.15) is 18.1 Å². The Morgan fingerprint density at radius 1 is 0.939 bits per heavy atom. The van der Waals surface area contributed by atoms with Crippen molar-refractivity contribution in [3.05, 3.63) is 35.9 Å². The van der Waals surface area contributed by atoms with Gasteiger partial charge in [0.2, 0.25) is 17.7 Å². The first kappa shape index (κ1) is 28.4. The van der Waals surface area contributed by atoms with Gasteiger partial charge in [-0.05, 0) is 23.8 Å². The number of carboxylic acid groups (broad SMARTS) is 1. The second-order valence-corrected chi connectivity index (χ2v) is 8.85. The van der Waals surface area contributed by atoms with Crippen LogP contribution in [0, 0.1) is 11.8 Å². The Balaban J connectivity index is 2.81. The minimum Gasteiger partial charge on any atom is -0.480 e. The maximum absolute atomic E-state index is 12.8. The lowest BCUT2D eigenvalue weighted by atomic mass is 9.97. The fourth-order valence-corrected chi connectivity index (χ4v) is 3.41. The molecule has 1 aromatic carbocycles. The molecular weight excluding hydrogens is 444 g/mol. The fourth-order valence-electron chi connectivity index (χ4n) is 3.15. The Labute approximate surface area is 200 Å². The molecule has 3 amide bonds. The van der Waals surface area contributed by atoms with Crippen molar-refractivity contribution in [1.29, 1.82) is 0 Å². The lowest BCUT2D eigenvalue weighted by Crippen LogP contribution is -2.59. The predicted molar refractivity (Wildman–Crippen MR) is 130 cm³/mol. The van der Waals surface area contributed by atoms with E-state index in [0.717, 1.165) is 5.56 Å². The standard InChI is InChI=1S/C23H36N4O5S/c1-5-14(4)19(23(31)32)27-22(30)18(13(2)3)26-21(29)17(12-33)25-20(28)16(24)11-15-9-7-6-8-10-15/h6-10,13-14,16-19,33H,5,11-12,24H2,1-4H3,(H,25,28)(H,26,29)(H,27,30)(H,31,32). The summed E-state index contributed by atoms with van der Waals surface area (Å²) in [5.41, 5.74) is 6.87. The fraction of sp³-hybridized carbons (Fsp3) is 0.565. The summed E-state index contributed by atoms with van der Waals surface area (Å²) in [6.07, 6.45) is 0.865. The molecule has 10 heteroatoms. The molecule has 1 aromatic rings. The third-order valence-electron chi connectivity index (χ3n) is 5.47. The third-order valence-corrected chi connectivity index (χ3v) is 5.84. The lowest BCUT2D eigenvalue weighted by Gasteiger charge is -2.28. The number of carbonyl (C=O) groups is 4. The Hall–Kier alpha value is -2.59. The van der Waals surface area contributed by atoms with Crippen LogP contribution < -0.4 is 21.7 Å². The largest absolute Gasteiger partial charge is 0.480 e. The van der Waals surface area contributed by atoms with E-state index in [-0.39, 0.29) is 17.6 Å². The molecular formula is C23H36N4O5S. The summed E-state index contributed by atoms with van der Waals surface area (Å²) in [5.74, 6) is -3.47. The van der Waals surface area contributed by atoms with Crippen LogP contribution in [0.1, 0.15) is 39.7 Å². The molecule has 6 N–H and O–H groups in total. The van der Waals surface area contributed by atoms with Crippen molar-refractivity contribution in [1.82, 2.24) is 16.0 Å². The molecule has 0 saturated carbocycles. The number of nitrogens with one attached hydrogen (secondary N) is 3. The van der Waals surface area contributed by atoms with Crippen molar-refractivity contribution in [2.75, 3.05) is 5.75 Å². The quantitative estimate of drug-likeness (QED) is 0.229. The van der Waals surface area contributed by atoms with Gasteiger partial charge in [-0.1, -0.05) is 64.4 Å². The van der Waals surface area contributed by atoms with Crippen LogP contribution in [0.25, 0.3) is 0 Å². The van der Waals surface area contributed by atoms with E-state index < -0.39 is 47.9 Å². The number of thiol groups is 1. The number of hydrogen-bond acceptors (Lipinski definition) is 6. The van der Waals surface area contributed by atoms with Gasteiger partial charge in [-0.25, -0.2) is 4.79 Å². The summed E-state index contributed by atoms with van der Waals surface area (Å²) in [4.78, 5) is 49.6. The summed E-state index contributed by atoms with van der Waals surface area (Å²) in [5, 5.41) is 17.1. The molecule has 5 atom stereocenters. The number of aliphatic carboxylic acids is 1. The molecule has 9 nitrogen and oxygen atoms in total. The lowest BCUT2D eigenvalue weighted by molar-refractivity contribution is -0.144. The molecule has 0 aromatic heterocycles. The van der Waals surface area contributed by atoms with Crippen molar-refractivity contribution >= 4 is 36.3 Å². The van der Waals surface area contributed by atoms with Gasteiger partial charge < -0.3 is 26.8 Å². The minimum atomic E-state index is -1.14. The second kappa shape index (κ2) is 13.8. The van der Waals surface area contributed by atoms with Gasteiger partial charge >= 0.3 is 5.97 Å². The average molecular weight is 481 g/mol. The van der Waals surface area contributed by atoms with E-state index in [4.69, 9.17) is 5.73 Å². The normalized spacial score (nSPS) is 15.6. The molecule has 5 unspecified atom stereocenters.